The molecular weight excluding hydrogens is 348 g/mol. The van der Waals surface area contributed by atoms with Crippen LogP contribution in [0.15, 0.2) is 84.3 Å². The molecule has 4 aromatic rings. The van der Waals surface area contributed by atoms with E-state index < -0.39 is 0 Å². The Balaban J connectivity index is 1.42. The van der Waals surface area contributed by atoms with E-state index in [0.29, 0.717) is 17.4 Å². The smallest absolute Gasteiger partial charge is 0.261 e. The first-order valence-corrected chi connectivity index (χ1v) is 9.13. The van der Waals surface area contributed by atoms with E-state index in [2.05, 4.69) is 64.3 Å². The quantitative estimate of drug-likeness (QED) is 0.596. The molecule has 2 aromatic carbocycles. The van der Waals surface area contributed by atoms with E-state index in [1.807, 2.05) is 0 Å². The van der Waals surface area contributed by atoms with Gasteiger partial charge in [-0.15, -0.1) is 0 Å². The SMILES string of the molecule is C=C1Cc2cc(-c3ccc(Cn4cnc5cnccc5c4=O)cc3)ccc2N1. The molecule has 1 aliphatic rings. The van der Waals surface area contributed by atoms with Crippen LogP contribution in [0.3, 0.4) is 0 Å². The van der Waals surface area contributed by atoms with E-state index in [9.17, 15) is 4.79 Å². The molecule has 1 N–H and O–H groups in total. The first-order chi connectivity index (χ1) is 13.7. The number of fused-ring (bicyclic) bond motifs is 2. The van der Waals surface area contributed by atoms with Crippen molar-refractivity contribution in [2.75, 3.05) is 5.32 Å². The van der Waals surface area contributed by atoms with Crippen molar-refractivity contribution >= 4 is 16.6 Å². The predicted molar refractivity (Wildman–Crippen MR) is 111 cm³/mol. The normalized spacial score (nSPS) is 12.8. The summed E-state index contributed by atoms with van der Waals surface area (Å²) in [5, 5.41) is 3.88. The maximum absolute atomic E-state index is 12.6. The zero-order valence-electron chi connectivity index (χ0n) is 15.2. The molecule has 0 fully saturated rings. The molecule has 1 aliphatic heterocycles. The van der Waals surface area contributed by atoms with E-state index in [4.69, 9.17) is 0 Å². The largest absolute Gasteiger partial charge is 0.359 e. The molecule has 5 heteroatoms. The summed E-state index contributed by atoms with van der Waals surface area (Å²) in [6.45, 7) is 4.49. The second kappa shape index (κ2) is 6.46. The third kappa shape index (κ3) is 2.87. The van der Waals surface area contributed by atoms with E-state index in [1.165, 1.54) is 11.1 Å². The molecule has 0 spiro atoms. The minimum Gasteiger partial charge on any atom is -0.359 e. The van der Waals surface area contributed by atoms with E-state index >= 15 is 0 Å². The lowest BCUT2D eigenvalue weighted by Crippen LogP contribution is -2.21. The molecule has 0 atom stereocenters. The predicted octanol–water partition coefficient (Wildman–Crippen LogP) is 3.99. The molecule has 0 radical (unpaired) electrons. The maximum atomic E-state index is 12.6. The first kappa shape index (κ1) is 16.4. The van der Waals surface area contributed by atoms with Gasteiger partial charge < -0.3 is 5.32 Å². The van der Waals surface area contributed by atoms with Crippen LogP contribution in [0.25, 0.3) is 22.0 Å². The Morgan fingerprint density at radius 1 is 1.07 bits per heavy atom. The fourth-order valence-corrected chi connectivity index (χ4v) is 3.63. The first-order valence-electron chi connectivity index (χ1n) is 9.13. The van der Waals surface area contributed by atoms with Crippen LogP contribution in [0.1, 0.15) is 11.1 Å². The second-order valence-corrected chi connectivity index (χ2v) is 7.04. The monoisotopic (exact) mass is 366 g/mol. The fraction of sp³-hybridized carbons (Fsp3) is 0.0870. The Kier molecular flexibility index (Phi) is 3.79. The molecule has 0 bridgehead atoms. The number of pyridine rings is 1. The Bertz CT molecular complexity index is 1270. The number of hydrogen-bond donors (Lipinski definition) is 1. The van der Waals surface area contributed by atoms with Crippen molar-refractivity contribution in [3.63, 3.8) is 0 Å². The molecule has 3 heterocycles. The molecule has 2 aromatic heterocycles. The average molecular weight is 366 g/mol. The summed E-state index contributed by atoms with van der Waals surface area (Å²) in [6.07, 6.45) is 5.68. The highest BCUT2D eigenvalue weighted by Gasteiger charge is 2.13. The third-order valence-electron chi connectivity index (χ3n) is 5.09. The number of rotatable bonds is 3. The van der Waals surface area contributed by atoms with Crippen molar-refractivity contribution in [1.82, 2.24) is 14.5 Å². The highest BCUT2D eigenvalue weighted by molar-refractivity contribution is 5.76. The van der Waals surface area contributed by atoms with Crippen LogP contribution in [0.2, 0.25) is 0 Å². The molecule has 0 saturated carbocycles. The molecule has 0 unspecified atom stereocenters. The maximum Gasteiger partial charge on any atom is 0.261 e. The van der Waals surface area contributed by atoms with Gasteiger partial charge in [0.2, 0.25) is 0 Å². The Morgan fingerprint density at radius 3 is 2.75 bits per heavy atom. The summed E-state index contributed by atoms with van der Waals surface area (Å²) < 4.78 is 1.63. The van der Waals surface area contributed by atoms with Gasteiger partial charge in [-0.3, -0.25) is 14.3 Å². The molecule has 5 rings (SSSR count). The lowest BCUT2D eigenvalue weighted by atomic mass is 10.0. The number of allylic oxidation sites excluding steroid dienone is 1. The van der Waals surface area contributed by atoms with Crippen LogP contribution >= 0.6 is 0 Å². The standard InChI is InChI=1S/C23H18N4O/c1-15-10-19-11-18(6-7-21(19)26-15)17-4-2-16(3-5-17)13-27-14-25-22-12-24-9-8-20(22)23(27)28/h2-9,11-12,14,26H,1,10,13H2. The van der Waals surface area contributed by atoms with Gasteiger partial charge >= 0.3 is 0 Å². The summed E-state index contributed by atoms with van der Waals surface area (Å²) >= 11 is 0. The van der Waals surface area contributed by atoms with Gasteiger partial charge in [-0.2, -0.15) is 0 Å². The number of anilines is 1. The topological polar surface area (TPSA) is 59.8 Å². The highest BCUT2D eigenvalue weighted by Crippen LogP contribution is 2.31. The Morgan fingerprint density at radius 2 is 1.89 bits per heavy atom. The van der Waals surface area contributed by atoms with Crippen LogP contribution in [0.4, 0.5) is 5.69 Å². The number of aromatic nitrogens is 3. The van der Waals surface area contributed by atoms with Gasteiger partial charge in [0.15, 0.2) is 0 Å². The molecule has 28 heavy (non-hydrogen) atoms. The van der Waals surface area contributed by atoms with E-state index in [0.717, 1.165) is 28.9 Å². The molecule has 5 nitrogen and oxygen atoms in total. The summed E-state index contributed by atoms with van der Waals surface area (Å²) in [6, 6.07) is 16.4. The van der Waals surface area contributed by atoms with Gasteiger partial charge in [0.05, 0.1) is 30.0 Å². The van der Waals surface area contributed by atoms with Crippen LogP contribution in [-0.4, -0.2) is 14.5 Å². The molecular formula is C23H18N4O. The van der Waals surface area contributed by atoms with Crippen molar-refractivity contribution in [2.45, 2.75) is 13.0 Å². The highest BCUT2D eigenvalue weighted by atomic mass is 16.1. The zero-order valence-corrected chi connectivity index (χ0v) is 15.2. The third-order valence-corrected chi connectivity index (χ3v) is 5.09. The van der Waals surface area contributed by atoms with Gasteiger partial charge in [-0.1, -0.05) is 36.9 Å². The minimum atomic E-state index is -0.0529. The van der Waals surface area contributed by atoms with Gasteiger partial charge in [0.1, 0.15) is 0 Å². The molecule has 0 amide bonds. The fourth-order valence-electron chi connectivity index (χ4n) is 3.63. The van der Waals surface area contributed by atoms with Crippen LogP contribution < -0.4 is 10.9 Å². The number of nitrogens with zero attached hydrogens (tertiary/aromatic N) is 3. The second-order valence-electron chi connectivity index (χ2n) is 7.04. The van der Waals surface area contributed by atoms with Gasteiger partial charge in [0.25, 0.3) is 5.56 Å². The summed E-state index contributed by atoms with van der Waals surface area (Å²) in [5.74, 6) is 0. The van der Waals surface area contributed by atoms with Crippen LogP contribution in [0, 0.1) is 0 Å². The van der Waals surface area contributed by atoms with Crippen molar-refractivity contribution in [2.24, 2.45) is 0 Å². The van der Waals surface area contributed by atoms with Crippen molar-refractivity contribution in [3.8, 4) is 11.1 Å². The van der Waals surface area contributed by atoms with Crippen LogP contribution in [0.5, 0.6) is 0 Å². The van der Waals surface area contributed by atoms with E-state index in [-0.39, 0.29) is 5.56 Å². The minimum absolute atomic E-state index is 0.0529. The Labute approximate surface area is 162 Å². The van der Waals surface area contributed by atoms with Crippen molar-refractivity contribution in [3.05, 3.63) is 101 Å². The Hall–Kier alpha value is -3.73. The molecule has 0 saturated heterocycles. The summed E-state index contributed by atoms with van der Waals surface area (Å²) in [5.41, 5.74) is 7.40. The van der Waals surface area contributed by atoms with E-state index in [1.54, 1.807) is 29.4 Å². The number of hydrogen-bond acceptors (Lipinski definition) is 4. The van der Waals surface area contributed by atoms with Crippen molar-refractivity contribution < 1.29 is 0 Å². The lowest BCUT2D eigenvalue weighted by molar-refractivity contribution is 0.748. The van der Waals surface area contributed by atoms with Crippen molar-refractivity contribution in [1.29, 1.82) is 0 Å². The zero-order chi connectivity index (χ0) is 19.1. The average Bonchev–Trinajstić information content (AvgIpc) is 3.10. The van der Waals surface area contributed by atoms with Gasteiger partial charge in [-0.05, 0) is 40.5 Å². The van der Waals surface area contributed by atoms with Gasteiger partial charge in [-0.25, -0.2) is 4.98 Å². The lowest BCUT2D eigenvalue weighted by Gasteiger charge is -2.09. The molecule has 0 aliphatic carbocycles. The number of benzene rings is 2. The van der Waals surface area contributed by atoms with Gasteiger partial charge in [0, 0.05) is 24.0 Å². The van der Waals surface area contributed by atoms with Crippen LogP contribution in [-0.2, 0) is 13.0 Å². The summed E-state index contributed by atoms with van der Waals surface area (Å²) in [4.78, 5) is 21.0. The molecule has 136 valence electrons. The summed E-state index contributed by atoms with van der Waals surface area (Å²) in [7, 11) is 0. The number of nitrogens with one attached hydrogen (secondary N) is 1.